The van der Waals surface area contributed by atoms with Crippen molar-refractivity contribution in [2.45, 2.75) is 11.8 Å². The minimum atomic E-state index is -3.72. The van der Waals surface area contributed by atoms with E-state index in [9.17, 15) is 8.42 Å². The summed E-state index contributed by atoms with van der Waals surface area (Å²) in [6.45, 7) is 4.18. The van der Waals surface area contributed by atoms with Gasteiger partial charge in [0.1, 0.15) is 10.6 Å². The fourth-order valence-corrected chi connectivity index (χ4v) is 3.19. The maximum Gasteiger partial charge on any atom is 0.257 e. The second kappa shape index (κ2) is 6.40. The molecule has 0 amide bonds. The number of rotatable bonds is 5. The molecule has 8 heteroatoms. The molecule has 20 heavy (non-hydrogen) atoms. The van der Waals surface area contributed by atoms with Gasteiger partial charge in [-0.2, -0.15) is 0 Å². The van der Waals surface area contributed by atoms with Crippen molar-refractivity contribution in [1.82, 2.24) is 9.84 Å². The van der Waals surface area contributed by atoms with Crippen molar-refractivity contribution in [2.75, 3.05) is 38.6 Å². The molecule has 0 bridgehead atoms. The Morgan fingerprint density at radius 3 is 2.75 bits per heavy atom. The van der Waals surface area contributed by atoms with Crippen LogP contribution < -0.4 is 15.3 Å². The van der Waals surface area contributed by atoms with Gasteiger partial charge in [0.25, 0.3) is 10.0 Å². The van der Waals surface area contributed by atoms with Gasteiger partial charge in [-0.05, 0) is 25.1 Å². The van der Waals surface area contributed by atoms with Crippen LogP contribution in [0.1, 0.15) is 6.92 Å². The standard InChI is InChI=1S/C12H19N3O4S/c1-2-19-11-4-3-10(13)9-12(11)20(16,17)14-15-5-7-18-8-6-15/h3-4,9,14H,2,5-8,13H2,1H3. The Balaban J connectivity index is 2.25. The second-order valence-electron chi connectivity index (χ2n) is 4.33. The normalized spacial score (nSPS) is 17.1. The molecule has 3 N–H and O–H groups in total. The molecule has 7 nitrogen and oxygen atoms in total. The number of ether oxygens (including phenoxy) is 2. The van der Waals surface area contributed by atoms with E-state index in [2.05, 4.69) is 4.83 Å². The summed E-state index contributed by atoms with van der Waals surface area (Å²) in [4.78, 5) is 2.57. The number of sulfonamides is 1. The van der Waals surface area contributed by atoms with Gasteiger partial charge in [-0.25, -0.2) is 13.4 Å². The summed E-state index contributed by atoms with van der Waals surface area (Å²) in [7, 11) is -3.72. The Morgan fingerprint density at radius 1 is 1.40 bits per heavy atom. The predicted molar refractivity (Wildman–Crippen MR) is 74.7 cm³/mol. The number of hydrogen-bond acceptors (Lipinski definition) is 6. The Labute approximate surface area is 118 Å². The van der Waals surface area contributed by atoms with Crippen LogP contribution in [-0.4, -0.2) is 46.3 Å². The van der Waals surface area contributed by atoms with Crippen LogP contribution in [0.15, 0.2) is 23.1 Å². The summed E-state index contributed by atoms with van der Waals surface area (Å²) in [5.41, 5.74) is 6.04. The van der Waals surface area contributed by atoms with Crippen molar-refractivity contribution in [1.29, 1.82) is 0 Å². The monoisotopic (exact) mass is 301 g/mol. The molecule has 0 aliphatic carbocycles. The van der Waals surface area contributed by atoms with Gasteiger partial charge in [0.15, 0.2) is 0 Å². The minimum absolute atomic E-state index is 0.0471. The fraction of sp³-hybridized carbons (Fsp3) is 0.500. The lowest BCUT2D eigenvalue weighted by Crippen LogP contribution is -2.48. The van der Waals surface area contributed by atoms with Crippen LogP contribution in [0.3, 0.4) is 0 Å². The number of anilines is 1. The number of hydrogen-bond donors (Lipinski definition) is 2. The molecule has 0 aromatic heterocycles. The largest absolute Gasteiger partial charge is 0.492 e. The molecule has 1 aromatic rings. The van der Waals surface area contributed by atoms with Crippen LogP contribution in [-0.2, 0) is 14.8 Å². The van der Waals surface area contributed by atoms with Crippen molar-refractivity contribution < 1.29 is 17.9 Å². The van der Waals surface area contributed by atoms with Crippen molar-refractivity contribution in [3.8, 4) is 5.75 Å². The highest BCUT2D eigenvalue weighted by Gasteiger charge is 2.24. The average Bonchev–Trinajstić information content (AvgIpc) is 2.41. The smallest absolute Gasteiger partial charge is 0.257 e. The van der Waals surface area contributed by atoms with Gasteiger partial charge in [-0.1, -0.05) is 0 Å². The van der Waals surface area contributed by atoms with Crippen molar-refractivity contribution in [3.63, 3.8) is 0 Å². The molecule has 1 heterocycles. The van der Waals surface area contributed by atoms with Crippen LogP contribution in [0.25, 0.3) is 0 Å². The molecule has 112 valence electrons. The highest BCUT2D eigenvalue weighted by Crippen LogP contribution is 2.26. The Bertz CT molecular complexity index is 556. The van der Waals surface area contributed by atoms with Crippen molar-refractivity contribution in [2.24, 2.45) is 0 Å². The topological polar surface area (TPSA) is 93.9 Å². The van der Waals surface area contributed by atoms with Gasteiger partial charge in [-0.3, -0.25) is 0 Å². The number of hydrazine groups is 1. The van der Waals surface area contributed by atoms with Gasteiger partial charge >= 0.3 is 0 Å². The average molecular weight is 301 g/mol. The number of benzene rings is 1. The Morgan fingerprint density at radius 2 is 2.10 bits per heavy atom. The first-order chi connectivity index (χ1) is 9.53. The maximum absolute atomic E-state index is 12.4. The van der Waals surface area contributed by atoms with Crippen LogP contribution in [0, 0.1) is 0 Å². The summed E-state index contributed by atoms with van der Waals surface area (Å²) < 4.78 is 35.4. The van der Waals surface area contributed by atoms with Gasteiger partial charge in [0.05, 0.1) is 19.8 Å². The Kier molecular flexibility index (Phi) is 4.81. The van der Waals surface area contributed by atoms with Gasteiger partial charge in [0.2, 0.25) is 0 Å². The molecule has 0 atom stereocenters. The molecule has 0 spiro atoms. The van der Waals surface area contributed by atoms with E-state index in [4.69, 9.17) is 15.2 Å². The molecule has 1 aliphatic heterocycles. The summed E-state index contributed by atoms with van der Waals surface area (Å²) in [6.07, 6.45) is 0. The Hall–Kier alpha value is -1.35. The number of nitrogens with zero attached hydrogens (tertiary/aromatic N) is 1. The van der Waals surface area contributed by atoms with E-state index < -0.39 is 10.0 Å². The van der Waals surface area contributed by atoms with E-state index in [1.807, 2.05) is 0 Å². The van der Waals surface area contributed by atoms with Gasteiger partial charge < -0.3 is 15.2 Å². The first-order valence-corrected chi connectivity index (χ1v) is 7.88. The second-order valence-corrected chi connectivity index (χ2v) is 5.96. The SMILES string of the molecule is CCOc1ccc(N)cc1S(=O)(=O)NN1CCOCC1. The van der Waals surface area contributed by atoms with E-state index in [1.54, 1.807) is 24.1 Å². The third-order valence-corrected chi connectivity index (χ3v) is 4.21. The zero-order chi connectivity index (χ0) is 14.6. The van der Waals surface area contributed by atoms with Gasteiger partial charge in [-0.15, -0.1) is 4.83 Å². The van der Waals surface area contributed by atoms with Crippen LogP contribution in [0.4, 0.5) is 5.69 Å². The predicted octanol–water partition coefficient (Wildman–Crippen LogP) is 0.193. The lowest BCUT2D eigenvalue weighted by Gasteiger charge is -2.27. The van der Waals surface area contributed by atoms with Crippen LogP contribution in [0.5, 0.6) is 5.75 Å². The number of nitrogens with two attached hydrogens (primary N) is 1. The molecular weight excluding hydrogens is 282 g/mol. The molecule has 0 saturated carbocycles. The number of nitrogens with one attached hydrogen (secondary N) is 1. The summed E-state index contributed by atoms with van der Waals surface area (Å²) in [5, 5.41) is 1.61. The molecule has 0 radical (unpaired) electrons. The summed E-state index contributed by atoms with van der Waals surface area (Å²) in [5.74, 6) is 0.294. The third-order valence-electron chi connectivity index (χ3n) is 2.82. The molecule has 1 fully saturated rings. The molecular formula is C12H19N3O4S. The first kappa shape index (κ1) is 15.0. The highest BCUT2D eigenvalue weighted by atomic mass is 32.2. The summed E-state index contributed by atoms with van der Waals surface area (Å²) in [6, 6.07) is 4.57. The quantitative estimate of drug-likeness (QED) is 0.754. The number of morpholine rings is 1. The lowest BCUT2D eigenvalue weighted by atomic mass is 10.3. The molecule has 1 aliphatic rings. The van der Waals surface area contributed by atoms with Gasteiger partial charge in [0, 0.05) is 18.8 Å². The molecule has 1 aromatic carbocycles. The van der Waals surface area contributed by atoms with Crippen LogP contribution >= 0.6 is 0 Å². The maximum atomic E-state index is 12.4. The lowest BCUT2D eigenvalue weighted by molar-refractivity contribution is 0.0272. The molecule has 2 rings (SSSR count). The first-order valence-electron chi connectivity index (χ1n) is 6.40. The minimum Gasteiger partial charge on any atom is -0.492 e. The van der Waals surface area contributed by atoms with E-state index >= 15 is 0 Å². The van der Waals surface area contributed by atoms with E-state index in [0.29, 0.717) is 44.3 Å². The molecule has 1 saturated heterocycles. The zero-order valence-electron chi connectivity index (χ0n) is 11.3. The summed E-state index contributed by atoms with van der Waals surface area (Å²) >= 11 is 0. The highest BCUT2D eigenvalue weighted by molar-refractivity contribution is 7.89. The fourth-order valence-electron chi connectivity index (χ4n) is 1.88. The van der Waals surface area contributed by atoms with Crippen molar-refractivity contribution >= 4 is 15.7 Å². The molecule has 0 unspecified atom stereocenters. The van der Waals surface area contributed by atoms with E-state index in [1.165, 1.54) is 6.07 Å². The van der Waals surface area contributed by atoms with E-state index in [0.717, 1.165) is 0 Å². The zero-order valence-corrected chi connectivity index (χ0v) is 12.1. The van der Waals surface area contributed by atoms with Crippen LogP contribution in [0.2, 0.25) is 0 Å². The number of nitrogen functional groups attached to an aromatic ring is 1. The van der Waals surface area contributed by atoms with Crippen molar-refractivity contribution in [3.05, 3.63) is 18.2 Å². The third kappa shape index (κ3) is 3.60. The van der Waals surface area contributed by atoms with E-state index in [-0.39, 0.29) is 4.90 Å².